The fraction of sp³-hybridized carbons (Fsp3) is 0.385. The Balaban J connectivity index is 1.82. The Hall–Kier alpha value is -1.46. The maximum absolute atomic E-state index is 4.41. The van der Waals surface area contributed by atoms with E-state index in [1.54, 1.807) is 11.3 Å². The van der Waals surface area contributed by atoms with Gasteiger partial charge in [-0.25, -0.2) is 9.97 Å². The number of imidazole rings is 1. The molecule has 0 spiro atoms. The molecule has 0 aromatic carbocycles. The van der Waals surface area contributed by atoms with E-state index < -0.39 is 0 Å². The first-order valence-corrected chi connectivity index (χ1v) is 7.02. The van der Waals surface area contributed by atoms with E-state index >= 15 is 0 Å². The summed E-state index contributed by atoms with van der Waals surface area (Å²) in [6.07, 6.45) is 7.62. The fourth-order valence-corrected chi connectivity index (χ4v) is 3.29. The Morgan fingerprint density at radius 2 is 2.50 bits per heavy atom. The number of aromatic amines is 1. The summed E-state index contributed by atoms with van der Waals surface area (Å²) in [5.74, 6) is 1.03. The minimum absolute atomic E-state index is 0.299. The highest BCUT2D eigenvalue weighted by Gasteiger charge is 2.26. The standard InChI is InChI=1S/C13H16N4S/c1-2-3-11(13-14-5-6-15-13)17-7-4-10-12(8-17)18-9-16-10/h2,5-6,9,11H,1,3-4,7-8H2,(H,14,15). The average molecular weight is 260 g/mol. The summed E-state index contributed by atoms with van der Waals surface area (Å²) < 4.78 is 0. The molecule has 0 amide bonds. The van der Waals surface area contributed by atoms with Crippen molar-refractivity contribution in [3.63, 3.8) is 0 Å². The van der Waals surface area contributed by atoms with Crippen LogP contribution in [0, 0.1) is 0 Å². The Morgan fingerprint density at radius 3 is 3.28 bits per heavy atom. The zero-order valence-electron chi connectivity index (χ0n) is 10.2. The van der Waals surface area contributed by atoms with E-state index in [0.717, 1.165) is 31.8 Å². The summed E-state index contributed by atoms with van der Waals surface area (Å²) in [6, 6.07) is 0.299. The fourth-order valence-electron chi connectivity index (χ4n) is 2.46. The van der Waals surface area contributed by atoms with E-state index in [-0.39, 0.29) is 0 Å². The number of rotatable bonds is 4. The molecule has 1 aliphatic heterocycles. The van der Waals surface area contributed by atoms with Gasteiger partial charge < -0.3 is 4.98 Å². The second kappa shape index (κ2) is 5.04. The summed E-state index contributed by atoms with van der Waals surface area (Å²) in [5, 5.41) is 0. The number of nitrogens with zero attached hydrogens (tertiary/aromatic N) is 3. The van der Waals surface area contributed by atoms with Crippen LogP contribution in [-0.4, -0.2) is 26.4 Å². The van der Waals surface area contributed by atoms with Crippen LogP contribution in [0.4, 0.5) is 0 Å². The van der Waals surface area contributed by atoms with Crippen LogP contribution in [0.3, 0.4) is 0 Å². The van der Waals surface area contributed by atoms with Gasteiger partial charge in [0.15, 0.2) is 0 Å². The van der Waals surface area contributed by atoms with Crippen molar-refractivity contribution in [2.24, 2.45) is 0 Å². The molecule has 3 heterocycles. The Bertz CT molecular complexity index is 517. The molecule has 3 rings (SSSR count). The molecule has 2 aromatic rings. The van der Waals surface area contributed by atoms with E-state index in [1.165, 1.54) is 10.6 Å². The molecule has 5 heteroatoms. The normalized spacial score (nSPS) is 17.3. The van der Waals surface area contributed by atoms with E-state index in [2.05, 4.69) is 26.4 Å². The van der Waals surface area contributed by atoms with Crippen molar-refractivity contribution in [1.82, 2.24) is 19.9 Å². The van der Waals surface area contributed by atoms with E-state index in [4.69, 9.17) is 0 Å². The lowest BCUT2D eigenvalue weighted by molar-refractivity contribution is 0.175. The van der Waals surface area contributed by atoms with Crippen LogP contribution in [0.1, 0.15) is 28.9 Å². The maximum Gasteiger partial charge on any atom is 0.123 e. The van der Waals surface area contributed by atoms with Gasteiger partial charge in [-0.05, 0) is 6.42 Å². The molecule has 0 fully saturated rings. The highest BCUT2D eigenvalue weighted by Crippen LogP contribution is 2.29. The minimum atomic E-state index is 0.299. The lowest BCUT2D eigenvalue weighted by atomic mass is 10.1. The number of nitrogens with one attached hydrogen (secondary N) is 1. The summed E-state index contributed by atoms with van der Waals surface area (Å²) >= 11 is 1.75. The van der Waals surface area contributed by atoms with Crippen LogP contribution in [0.25, 0.3) is 0 Å². The van der Waals surface area contributed by atoms with Crippen molar-refractivity contribution in [2.45, 2.75) is 25.4 Å². The minimum Gasteiger partial charge on any atom is -0.347 e. The number of H-pyrrole nitrogens is 1. The zero-order valence-corrected chi connectivity index (χ0v) is 11.0. The molecule has 0 saturated heterocycles. The molecular formula is C13H16N4S. The SMILES string of the molecule is C=CCC(c1ncc[nH]1)N1CCc2ncsc2C1. The third-order valence-electron chi connectivity index (χ3n) is 3.37. The largest absolute Gasteiger partial charge is 0.347 e. The molecule has 1 N–H and O–H groups in total. The van der Waals surface area contributed by atoms with Gasteiger partial charge in [0.05, 0.1) is 17.2 Å². The van der Waals surface area contributed by atoms with Gasteiger partial charge >= 0.3 is 0 Å². The molecule has 1 unspecified atom stereocenters. The van der Waals surface area contributed by atoms with Crippen molar-refractivity contribution in [3.05, 3.63) is 47.0 Å². The number of aromatic nitrogens is 3. The highest BCUT2D eigenvalue weighted by molar-refractivity contribution is 7.09. The maximum atomic E-state index is 4.41. The van der Waals surface area contributed by atoms with Crippen LogP contribution in [0.2, 0.25) is 0 Å². The number of fused-ring (bicyclic) bond motifs is 1. The first-order valence-electron chi connectivity index (χ1n) is 6.14. The van der Waals surface area contributed by atoms with Crippen molar-refractivity contribution >= 4 is 11.3 Å². The van der Waals surface area contributed by atoms with Gasteiger partial charge in [0.1, 0.15) is 5.82 Å². The van der Waals surface area contributed by atoms with Gasteiger partial charge in [-0.2, -0.15) is 0 Å². The summed E-state index contributed by atoms with van der Waals surface area (Å²) in [6.45, 7) is 5.87. The number of hydrogen-bond acceptors (Lipinski definition) is 4. The predicted octanol–water partition coefficient (Wildman–Crippen LogP) is 2.54. The molecule has 1 atom stereocenters. The monoisotopic (exact) mass is 260 g/mol. The molecule has 0 bridgehead atoms. The third kappa shape index (κ3) is 2.11. The van der Waals surface area contributed by atoms with Gasteiger partial charge in [-0.15, -0.1) is 17.9 Å². The van der Waals surface area contributed by atoms with Crippen molar-refractivity contribution in [2.75, 3.05) is 6.54 Å². The molecule has 2 aromatic heterocycles. The Kier molecular flexibility index (Phi) is 3.25. The summed E-state index contributed by atoms with van der Waals surface area (Å²) in [4.78, 5) is 15.9. The topological polar surface area (TPSA) is 44.8 Å². The number of hydrogen-bond donors (Lipinski definition) is 1. The Morgan fingerprint density at radius 1 is 1.56 bits per heavy atom. The van der Waals surface area contributed by atoms with E-state index in [0.29, 0.717) is 6.04 Å². The van der Waals surface area contributed by atoms with Crippen LogP contribution in [0.5, 0.6) is 0 Å². The molecule has 0 saturated carbocycles. The van der Waals surface area contributed by atoms with Crippen LogP contribution in [0.15, 0.2) is 30.6 Å². The molecule has 94 valence electrons. The second-order valence-corrected chi connectivity index (χ2v) is 5.40. The first kappa shape index (κ1) is 11.6. The molecule has 4 nitrogen and oxygen atoms in total. The van der Waals surface area contributed by atoms with Crippen molar-refractivity contribution in [1.29, 1.82) is 0 Å². The van der Waals surface area contributed by atoms with Gasteiger partial charge in [0.2, 0.25) is 0 Å². The third-order valence-corrected chi connectivity index (χ3v) is 4.23. The van der Waals surface area contributed by atoms with E-state index in [1.807, 2.05) is 24.0 Å². The number of thiazole rings is 1. The Labute approximate surface area is 110 Å². The lowest BCUT2D eigenvalue weighted by Crippen LogP contribution is -2.34. The van der Waals surface area contributed by atoms with E-state index in [9.17, 15) is 0 Å². The highest BCUT2D eigenvalue weighted by atomic mass is 32.1. The summed E-state index contributed by atoms with van der Waals surface area (Å²) in [7, 11) is 0. The van der Waals surface area contributed by atoms with Crippen molar-refractivity contribution < 1.29 is 0 Å². The van der Waals surface area contributed by atoms with Crippen LogP contribution < -0.4 is 0 Å². The van der Waals surface area contributed by atoms with Crippen LogP contribution >= 0.6 is 11.3 Å². The predicted molar refractivity (Wildman–Crippen MR) is 72.4 cm³/mol. The second-order valence-electron chi connectivity index (χ2n) is 4.46. The first-order chi connectivity index (χ1) is 8.88. The van der Waals surface area contributed by atoms with Gasteiger partial charge in [0, 0.05) is 36.8 Å². The quantitative estimate of drug-likeness (QED) is 0.859. The van der Waals surface area contributed by atoms with Crippen LogP contribution in [-0.2, 0) is 13.0 Å². The molecule has 1 aliphatic rings. The molecule has 0 aliphatic carbocycles. The van der Waals surface area contributed by atoms with Gasteiger partial charge in [-0.1, -0.05) is 6.08 Å². The summed E-state index contributed by atoms with van der Waals surface area (Å²) in [5.41, 5.74) is 3.22. The lowest BCUT2D eigenvalue weighted by Gasteiger charge is -2.32. The smallest absolute Gasteiger partial charge is 0.123 e. The molecule has 18 heavy (non-hydrogen) atoms. The van der Waals surface area contributed by atoms with Gasteiger partial charge in [0.25, 0.3) is 0 Å². The average Bonchev–Trinajstić information content (AvgIpc) is 3.05. The molecule has 0 radical (unpaired) electrons. The van der Waals surface area contributed by atoms with Gasteiger partial charge in [-0.3, -0.25) is 4.90 Å². The zero-order chi connectivity index (χ0) is 12.4. The molecular weight excluding hydrogens is 244 g/mol. The van der Waals surface area contributed by atoms with Crippen molar-refractivity contribution in [3.8, 4) is 0 Å².